The zero-order valence-electron chi connectivity index (χ0n) is 7.41. The van der Waals surface area contributed by atoms with Crippen LogP contribution in [0.3, 0.4) is 0 Å². The van der Waals surface area contributed by atoms with Gasteiger partial charge in [0.15, 0.2) is 9.84 Å². The number of hydrogen-bond donors (Lipinski definition) is 1. The van der Waals surface area contributed by atoms with Crippen molar-refractivity contribution in [2.45, 2.75) is 18.9 Å². The molecular weight excluding hydrogens is 174 g/mol. The van der Waals surface area contributed by atoms with Gasteiger partial charge in [0.05, 0.1) is 12.3 Å². The quantitative estimate of drug-likeness (QED) is 0.599. The molecule has 0 unspecified atom stereocenters. The minimum atomic E-state index is -2.75. The zero-order valence-corrected chi connectivity index (χ0v) is 8.23. The number of quaternary nitrogens is 1. The Kier molecular flexibility index (Phi) is 2.58. The lowest BCUT2D eigenvalue weighted by molar-refractivity contribution is -0.711. The molecule has 0 aromatic heterocycles. The Morgan fingerprint density at radius 2 is 2.33 bits per heavy atom. The monoisotopic (exact) mass is 190 g/mol. The third-order valence-electron chi connectivity index (χ3n) is 2.31. The summed E-state index contributed by atoms with van der Waals surface area (Å²) in [6, 6.07) is 0. The molecular formula is C8H16NO2S+. The molecule has 1 aliphatic rings. The number of rotatable bonds is 3. The third-order valence-corrected chi connectivity index (χ3v) is 4.24. The van der Waals surface area contributed by atoms with Crippen LogP contribution in [0.25, 0.3) is 0 Å². The van der Waals surface area contributed by atoms with Crippen LogP contribution >= 0.6 is 0 Å². The van der Waals surface area contributed by atoms with Crippen LogP contribution in [-0.2, 0) is 9.84 Å². The Labute approximate surface area is 73.8 Å². The molecule has 1 heterocycles. The Morgan fingerprint density at radius 3 is 2.75 bits per heavy atom. The Hall–Kier alpha value is -0.350. The summed E-state index contributed by atoms with van der Waals surface area (Å²) in [5.41, 5.74) is -0.104. The highest BCUT2D eigenvalue weighted by Gasteiger charge is 2.40. The van der Waals surface area contributed by atoms with Crippen molar-refractivity contribution in [3.05, 3.63) is 12.7 Å². The van der Waals surface area contributed by atoms with E-state index < -0.39 is 9.84 Å². The van der Waals surface area contributed by atoms with Gasteiger partial charge >= 0.3 is 0 Å². The molecule has 2 N–H and O–H groups in total. The SMILES string of the molecule is C=CC[NH2+][C@]1(C)CCS(=O)(=O)C1. The maximum Gasteiger partial charge on any atom is 0.156 e. The predicted molar refractivity (Wildman–Crippen MR) is 48.7 cm³/mol. The van der Waals surface area contributed by atoms with Gasteiger partial charge in [-0.05, 0) is 13.0 Å². The first-order valence-corrected chi connectivity index (χ1v) is 5.95. The highest BCUT2D eigenvalue weighted by molar-refractivity contribution is 7.91. The molecule has 1 fully saturated rings. The molecule has 0 aliphatic carbocycles. The standard InChI is InChI=1S/C8H15NO2S/c1-3-5-9-8(2)4-6-12(10,11)7-8/h3,9H,1,4-7H2,2H3/p+1/t8-/m1/s1. The van der Waals surface area contributed by atoms with Crippen LogP contribution < -0.4 is 5.32 Å². The van der Waals surface area contributed by atoms with Crippen LogP contribution in [0, 0.1) is 0 Å². The van der Waals surface area contributed by atoms with Gasteiger partial charge in [0.25, 0.3) is 0 Å². The normalized spacial score (nSPS) is 33.4. The number of nitrogens with two attached hydrogens (primary N) is 1. The molecule has 0 radical (unpaired) electrons. The number of sulfone groups is 1. The van der Waals surface area contributed by atoms with Crippen molar-refractivity contribution in [3.63, 3.8) is 0 Å². The van der Waals surface area contributed by atoms with E-state index in [4.69, 9.17) is 0 Å². The molecule has 0 spiro atoms. The third kappa shape index (κ3) is 2.32. The first-order chi connectivity index (χ1) is 5.47. The first kappa shape index (κ1) is 9.74. The van der Waals surface area contributed by atoms with E-state index in [2.05, 4.69) is 11.9 Å². The van der Waals surface area contributed by atoms with Gasteiger partial charge in [0.1, 0.15) is 11.3 Å². The molecule has 0 aromatic rings. The van der Waals surface area contributed by atoms with Gasteiger partial charge in [-0.3, -0.25) is 0 Å². The Bertz CT molecular complexity index is 271. The van der Waals surface area contributed by atoms with E-state index >= 15 is 0 Å². The molecule has 4 heteroatoms. The Morgan fingerprint density at radius 1 is 1.67 bits per heavy atom. The smallest absolute Gasteiger partial charge is 0.156 e. The zero-order chi connectivity index (χ0) is 9.24. The van der Waals surface area contributed by atoms with Gasteiger partial charge in [0, 0.05) is 6.42 Å². The van der Waals surface area contributed by atoms with Crippen LogP contribution in [-0.4, -0.2) is 32.0 Å². The van der Waals surface area contributed by atoms with E-state index in [1.165, 1.54) is 0 Å². The second-order valence-electron chi connectivity index (χ2n) is 3.72. The highest BCUT2D eigenvalue weighted by Crippen LogP contribution is 2.18. The molecule has 0 amide bonds. The number of hydrogen-bond acceptors (Lipinski definition) is 2. The topological polar surface area (TPSA) is 50.8 Å². The van der Waals surface area contributed by atoms with Crippen LogP contribution in [0.15, 0.2) is 12.7 Å². The Balaban J connectivity index is 2.58. The lowest BCUT2D eigenvalue weighted by Gasteiger charge is -2.18. The van der Waals surface area contributed by atoms with Crippen molar-refractivity contribution >= 4 is 9.84 Å². The maximum absolute atomic E-state index is 11.2. The summed E-state index contributed by atoms with van der Waals surface area (Å²) in [6.07, 6.45) is 2.57. The average molecular weight is 190 g/mol. The summed E-state index contributed by atoms with van der Waals surface area (Å²) < 4.78 is 22.3. The highest BCUT2D eigenvalue weighted by atomic mass is 32.2. The molecule has 70 valence electrons. The van der Waals surface area contributed by atoms with Crippen molar-refractivity contribution in [1.29, 1.82) is 0 Å². The van der Waals surface area contributed by atoms with Crippen LogP contribution in [0.1, 0.15) is 13.3 Å². The molecule has 1 rings (SSSR count). The van der Waals surface area contributed by atoms with E-state index in [-0.39, 0.29) is 5.54 Å². The van der Waals surface area contributed by atoms with Crippen molar-refractivity contribution < 1.29 is 13.7 Å². The van der Waals surface area contributed by atoms with Gasteiger partial charge in [-0.1, -0.05) is 6.58 Å². The molecule has 1 aliphatic heterocycles. The van der Waals surface area contributed by atoms with E-state index in [1.54, 1.807) is 6.08 Å². The molecule has 1 atom stereocenters. The molecule has 0 saturated carbocycles. The van der Waals surface area contributed by atoms with Crippen LogP contribution in [0.5, 0.6) is 0 Å². The maximum atomic E-state index is 11.2. The summed E-state index contributed by atoms with van der Waals surface area (Å²) in [4.78, 5) is 0. The van der Waals surface area contributed by atoms with Crippen molar-refractivity contribution in [1.82, 2.24) is 0 Å². The summed E-state index contributed by atoms with van der Waals surface area (Å²) in [6.45, 7) is 6.41. The van der Waals surface area contributed by atoms with Crippen molar-refractivity contribution in [3.8, 4) is 0 Å². The van der Waals surface area contributed by atoms with Gasteiger partial charge in [-0.25, -0.2) is 8.42 Å². The minimum Gasteiger partial charge on any atom is -0.338 e. The van der Waals surface area contributed by atoms with Crippen molar-refractivity contribution in [2.75, 3.05) is 18.1 Å². The van der Waals surface area contributed by atoms with Gasteiger partial charge in [0.2, 0.25) is 0 Å². The molecule has 1 saturated heterocycles. The van der Waals surface area contributed by atoms with Crippen LogP contribution in [0.4, 0.5) is 0 Å². The average Bonchev–Trinajstić information content (AvgIpc) is 2.23. The molecule has 12 heavy (non-hydrogen) atoms. The fourth-order valence-electron chi connectivity index (χ4n) is 1.56. The van der Waals surface area contributed by atoms with E-state index in [0.717, 1.165) is 13.0 Å². The van der Waals surface area contributed by atoms with Crippen LogP contribution in [0.2, 0.25) is 0 Å². The van der Waals surface area contributed by atoms with Crippen molar-refractivity contribution in [2.24, 2.45) is 0 Å². The molecule has 0 bridgehead atoms. The minimum absolute atomic E-state index is 0.104. The second-order valence-corrected chi connectivity index (χ2v) is 5.91. The van der Waals surface area contributed by atoms with E-state index in [0.29, 0.717) is 11.5 Å². The largest absolute Gasteiger partial charge is 0.338 e. The van der Waals surface area contributed by atoms with Gasteiger partial charge < -0.3 is 5.32 Å². The second kappa shape index (κ2) is 3.18. The summed E-state index contributed by atoms with van der Waals surface area (Å²) in [7, 11) is -2.75. The van der Waals surface area contributed by atoms with E-state index in [1.807, 2.05) is 6.92 Å². The van der Waals surface area contributed by atoms with Gasteiger partial charge in [-0.15, -0.1) is 0 Å². The van der Waals surface area contributed by atoms with Gasteiger partial charge in [-0.2, -0.15) is 0 Å². The summed E-state index contributed by atoms with van der Waals surface area (Å²) in [5.74, 6) is 0.658. The summed E-state index contributed by atoms with van der Waals surface area (Å²) in [5, 5.41) is 2.06. The lowest BCUT2D eigenvalue weighted by atomic mass is 10.0. The lowest BCUT2D eigenvalue weighted by Crippen LogP contribution is -2.96. The fraction of sp³-hybridized carbons (Fsp3) is 0.750. The summed E-state index contributed by atoms with van der Waals surface area (Å²) >= 11 is 0. The molecule has 0 aromatic carbocycles. The first-order valence-electron chi connectivity index (χ1n) is 4.13. The molecule has 3 nitrogen and oxygen atoms in total. The predicted octanol–water partition coefficient (Wildman–Crippen LogP) is -0.687. The fourth-order valence-corrected chi connectivity index (χ4v) is 3.75. The van der Waals surface area contributed by atoms with E-state index in [9.17, 15) is 8.42 Å².